The molecule has 0 saturated heterocycles. The van der Waals surface area contributed by atoms with Gasteiger partial charge in [0.1, 0.15) is 22.9 Å². The van der Waals surface area contributed by atoms with Gasteiger partial charge in [-0.3, -0.25) is 4.79 Å². The minimum absolute atomic E-state index is 0.156. The number of amides is 1. The average Bonchev–Trinajstić information content (AvgIpc) is 3.49. The van der Waals surface area contributed by atoms with Crippen LogP contribution in [0.5, 0.6) is 17.2 Å². The Morgan fingerprint density at radius 2 is 1.37 bits per heavy atom. The number of nitrogens with one attached hydrogen (secondary N) is 1. The van der Waals surface area contributed by atoms with Crippen molar-refractivity contribution in [1.29, 1.82) is 0 Å². The Hall–Kier alpha value is -5.04. The fourth-order valence-corrected chi connectivity index (χ4v) is 4.92. The quantitative estimate of drug-likeness (QED) is 0.204. The van der Waals surface area contributed by atoms with E-state index in [-0.39, 0.29) is 11.8 Å². The first-order valence-corrected chi connectivity index (χ1v) is 13.5. The second kappa shape index (κ2) is 12.9. The normalized spacial score (nSPS) is 10.8. The zero-order valence-corrected chi connectivity index (χ0v) is 23.4. The number of nitrogens with zero attached hydrogens (tertiary/aromatic N) is 2. The fraction of sp³-hybridized carbons (Fsp3) is 0.176. The summed E-state index contributed by atoms with van der Waals surface area (Å²) in [6, 6.07) is 35.5. The third-order valence-corrected chi connectivity index (χ3v) is 7.07. The van der Waals surface area contributed by atoms with Crippen LogP contribution in [0.3, 0.4) is 0 Å². The van der Waals surface area contributed by atoms with Gasteiger partial charge in [0.25, 0.3) is 5.91 Å². The van der Waals surface area contributed by atoms with Crippen LogP contribution in [-0.4, -0.2) is 43.6 Å². The highest BCUT2D eigenvalue weighted by atomic mass is 16.5. The number of methoxy groups -OCH3 is 3. The molecule has 0 atom stereocenters. The smallest absolute Gasteiger partial charge is 0.270 e. The molecule has 5 rings (SSSR count). The number of aromatic nitrogens is 2. The molecule has 0 radical (unpaired) electrons. The summed E-state index contributed by atoms with van der Waals surface area (Å²) in [4.78, 5) is 13.7. The van der Waals surface area contributed by atoms with Gasteiger partial charge < -0.3 is 19.5 Å². The van der Waals surface area contributed by atoms with E-state index in [1.807, 2.05) is 72.8 Å². The van der Waals surface area contributed by atoms with Crippen molar-refractivity contribution in [2.75, 3.05) is 27.9 Å². The molecule has 1 N–H and O–H groups in total. The van der Waals surface area contributed by atoms with Gasteiger partial charge in [0.05, 0.1) is 32.7 Å². The maximum atomic E-state index is 13.7. The van der Waals surface area contributed by atoms with Crippen LogP contribution in [0.1, 0.15) is 34.0 Å². The van der Waals surface area contributed by atoms with Crippen molar-refractivity contribution < 1.29 is 19.0 Å². The Labute approximate surface area is 240 Å². The van der Waals surface area contributed by atoms with Crippen LogP contribution in [0.4, 0.5) is 0 Å². The molecular formula is C34H33N3O4. The van der Waals surface area contributed by atoms with E-state index in [9.17, 15) is 4.79 Å². The number of rotatable bonds is 11. The van der Waals surface area contributed by atoms with E-state index >= 15 is 0 Å². The van der Waals surface area contributed by atoms with Crippen molar-refractivity contribution in [3.8, 4) is 34.2 Å². The molecule has 7 heteroatoms. The van der Waals surface area contributed by atoms with Crippen LogP contribution in [0.25, 0.3) is 16.9 Å². The van der Waals surface area contributed by atoms with Gasteiger partial charge in [-0.25, -0.2) is 4.68 Å². The molecule has 7 nitrogen and oxygen atoms in total. The molecule has 41 heavy (non-hydrogen) atoms. The molecule has 0 aliphatic rings. The lowest BCUT2D eigenvalue weighted by molar-refractivity contribution is 0.0945. The van der Waals surface area contributed by atoms with E-state index in [0.717, 1.165) is 23.4 Å². The van der Waals surface area contributed by atoms with E-state index in [1.54, 1.807) is 38.1 Å². The van der Waals surface area contributed by atoms with E-state index in [0.29, 0.717) is 29.4 Å². The molecule has 0 bridgehead atoms. The van der Waals surface area contributed by atoms with E-state index in [2.05, 4.69) is 29.6 Å². The minimum atomic E-state index is -0.216. The molecule has 208 valence electrons. The van der Waals surface area contributed by atoms with E-state index in [1.165, 1.54) is 11.1 Å². The molecule has 1 heterocycles. The predicted molar refractivity (Wildman–Crippen MR) is 160 cm³/mol. The first kappa shape index (κ1) is 27.5. The number of hydrogen-bond acceptors (Lipinski definition) is 5. The van der Waals surface area contributed by atoms with Crippen molar-refractivity contribution in [3.63, 3.8) is 0 Å². The van der Waals surface area contributed by atoms with Gasteiger partial charge in [-0.1, -0.05) is 60.7 Å². The molecule has 0 aliphatic heterocycles. The standard InChI is InChI=1S/C34H33N3O4/c1-39-27-16-14-26(15-17-27)37-32(23-31(36-37)30-19-18-28(40-2)22-33(30)41-3)34(38)35-21-20-29(24-10-6-4-7-11-24)25-12-8-5-9-13-25/h4-19,22-23,29H,20-21H2,1-3H3,(H,35,38). The van der Waals surface area contributed by atoms with Crippen LogP contribution in [0.15, 0.2) is 109 Å². The highest BCUT2D eigenvalue weighted by molar-refractivity contribution is 5.94. The zero-order chi connectivity index (χ0) is 28.6. The third-order valence-electron chi connectivity index (χ3n) is 7.07. The Bertz CT molecular complexity index is 1540. The second-order valence-corrected chi connectivity index (χ2v) is 9.51. The second-order valence-electron chi connectivity index (χ2n) is 9.51. The summed E-state index contributed by atoms with van der Waals surface area (Å²) >= 11 is 0. The molecule has 0 saturated carbocycles. The minimum Gasteiger partial charge on any atom is -0.497 e. The van der Waals surface area contributed by atoms with E-state index in [4.69, 9.17) is 19.3 Å². The molecule has 1 aromatic heterocycles. The Kier molecular flexibility index (Phi) is 8.64. The molecule has 0 aliphatic carbocycles. The molecule has 0 spiro atoms. The van der Waals surface area contributed by atoms with Crippen molar-refractivity contribution in [2.45, 2.75) is 12.3 Å². The lowest BCUT2D eigenvalue weighted by Crippen LogP contribution is -2.28. The monoisotopic (exact) mass is 547 g/mol. The number of carbonyl (C=O) groups is 1. The first-order chi connectivity index (χ1) is 20.1. The molecule has 0 fully saturated rings. The van der Waals surface area contributed by atoms with Crippen LogP contribution >= 0.6 is 0 Å². The third kappa shape index (κ3) is 6.25. The average molecular weight is 548 g/mol. The number of ether oxygens (including phenoxy) is 3. The highest BCUT2D eigenvalue weighted by Gasteiger charge is 2.21. The highest BCUT2D eigenvalue weighted by Crippen LogP contribution is 2.34. The molecular weight excluding hydrogens is 514 g/mol. The maximum Gasteiger partial charge on any atom is 0.270 e. The van der Waals surface area contributed by atoms with Gasteiger partial charge in [0, 0.05) is 24.1 Å². The Morgan fingerprint density at radius 3 is 1.95 bits per heavy atom. The van der Waals surface area contributed by atoms with Gasteiger partial charge in [-0.15, -0.1) is 0 Å². The lowest BCUT2D eigenvalue weighted by Gasteiger charge is -2.18. The van der Waals surface area contributed by atoms with Gasteiger partial charge in [0.15, 0.2) is 0 Å². The summed E-state index contributed by atoms with van der Waals surface area (Å²) in [7, 11) is 4.83. The van der Waals surface area contributed by atoms with Gasteiger partial charge in [-0.05, 0) is 60.0 Å². The molecule has 4 aromatic carbocycles. The van der Waals surface area contributed by atoms with Crippen molar-refractivity contribution in [2.24, 2.45) is 0 Å². The molecule has 0 unspecified atom stereocenters. The fourth-order valence-electron chi connectivity index (χ4n) is 4.92. The number of hydrogen-bond donors (Lipinski definition) is 1. The summed E-state index contributed by atoms with van der Waals surface area (Å²) < 4.78 is 17.9. The Balaban J connectivity index is 1.44. The van der Waals surface area contributed by atoms with Crippen molar-refractivity contribution >= 4 is 5.91 Å². The summed E-state index contributed by atoms with van der Waals surface area (Å²) in [5.74, 6) is 1.93. The van der Waals surface area contributed by atoms with Crippen LogP contribution in [0.2, 0.25) is 0 Å². The van der Waals surface area contributed by atoms with Gasteiger partial charge in [0.2, 0.25) is 0 Å². The summed E-state index contributed by atoms with van der Waals surface area (Å²) in [5, 5.41) is 7.96. The molecule has 1 amide bonds. The largest absolute Gasteiger partial charge is 0.497 e. The number of benzene rings is 4. The van der Waals surface area contributed by atoms with Gasteiger partial charge in [-0.2, -0.15) is 5.10 Å². The summed E-state index contributed by atoms with van der Waals surface area (Å²) in [5.41, 5.74) is 4.94. The SMILES string of the molecule is COc1ccc(-n2nc(-c3ccc(OC)cc3OC)cc2C(=O)NCCC(c2ccccc2)c2ccccc2)cc1. The Morgan fingerprint density at radius 1 is 0.756 bits per heavy atom. The van der Waals surface area contributed by atoms with Crippen molar-refractivity contribution in [3.05, 3.63) is 126 Å². The topological polar surface area (TPSA) is 74.6 Å². The predicted octanol–water partition coefficient (Wildman–Crippen LogP) is 6.52. The molecule has 5 aromatic rings. The van der Waals surface area contributed by atoms with Crippen LogP contribution < -0.4 is 19.5 Å². The maximum absolute atomic E-state index is 13.7. The van der Waals surface area contributed by atoms with Crippen LogP contribution in [0, 0.1) is 0 Å². The van der Waals surface area contributed by atoms with Gasteiger partial charge >= 0.3 is 0 Å². The van der Waals surface area contributed by atoms with Crippen molar-refractivity contribution in [1.82, 2.24) is 15.1 Å². The van der Waals surface area contributed by atoms with Crippen LogP contribution in [-0.2, 0) is 0 Å². The summed E-state index contributed by atoms with van der Waals surface area (Å²) in [6.45, 7) is 0.488. The van der Waals surface area contributed by atoms with E-state index < -0.39 is 0 Å². The first-order valence-electron chi connectivity index (χ1n) is 13.5. The number of carbonyl (C=O) groups excluding carboxylic acids is 1. The zero-order valence-electron chi connectivity index (χ0n) is 23.4. The lowest BCUT2D eigenvalue weighted by atomic mass is 9.88. The summed E-state index contributed by atoms with van der Waals surface area (Å²) in [6.07, 6.45) is 0.746.